The summed E-state index contributed by atoms with van der Waals surface area (Å²) in [7, 11) is -2.07. The van der Waals surface area contributed by atoms with Gasteiger partial charge in [-0.15, -0.1) is 11.3 Å². The van der Waals surface area contributed by atoms with Gasteiger partial charge in [-0.25, -0.2) is 8.42 Å². The number of amides is 1. The fourth-order valence-corrected chi connectivity index (χ4v) is 4.85. The minimum atomic E-state index is -3.81. The van der Waals surface area contributed by atoms with Crippen LogP contribution in [0.2, 0.25) is 0 Å². The zero-order valence-corrected chi connectivity index (χ0v) is 17.8. The molecule has 156 valence electrons. The third-order valence-electron chi connectivity index (χ3n) is 4.53. The van der Waals surface area contributed by atoms with Crippen molar-refractivity contribution in [3.05, 3.63) is 70.4 Å². The van der Waals surface area contributed by atoms with Crippen molar-refractivity contribution in [3.8, 4) is 11.5 Å². The Morgan fingerprint density at radius 2 is 1.80 bits per heavy atom. The molecule has 1 aliphatic heterocycles. The molecule has 1 N–H and O–H groups in total. The standard InChI is InChI=1S/C21H20N2O5S2/c1-23(14-17-3-2-12-29-17)21(24)15-4-6-16(7-5-15)22-30(25,26)18-8-9-19-20(13-18)28-11-10-27-19/h2-9,12-13,22H,10-11,14H2,1H3. The van der Waals surface area contributed by atoms with Crippen molar-refractivity contribution in [1.82, 2.24) is 4.90 Å². The number of hydrogen-bond acceptors (Lipinski definition) is 6. The fourth-order valence-electron chi connectivity index (χ4n) is 3.01. The van der Waals surface area contributed by atoms with Crippen molar-refractivity contribution in [3.63, 3.8) is 0 Å². The van der Waals surface area contributed by atoms with E-state index in [-0.39, 0.29) is 10.8 Å². The Labute approximate surface area is 178 Å². The lowest BCUT2D eigenvalue weighted by Gasteiger charge is -2.19. The first-order valence-electron chi connectivity index (χ1n) is 9.23. The number of nitrogens with zero attached hydrogens (tertiary/aromatic N) is 1. The smallest absolute Gasteiger partial charge is 0.262 e. The van der Waals surface area contributed by atoms with E-state index in [1.165, 1.54) is 12.1 Å². The molecule has 0 bridgehead atoms. The van der Waals surface area contributed by atoms with E-state index in [4.69, 9.17) is 9.47 Å². The zero-order valence-electron chi connectivity index (χ0n) is 16.2. The number of fused-ring (bicyclic) bond motifs is 1. The third kappa shape index (κ3) is 4.42. The highest BCUT2D eigenvalue weighted by Gasteiger charge is 2.20. The van der Waals surface area contributed by atoms with Crippen LogP contribution in [0.3, 0.4) is 0 Å². The van der Waals surface area contributed by atoms with Gasteiger partial charge in [-0.1, -0.05) is 6.07 Å². The number of rotatable bonds is 6. The van der Waals surface area contributed by atoms with Crippen molar-refractivity contribution in [1.29, 1.82) is 0 Å². The Hall–Kier alpha value is -3.04. The topological polar surface area (TPSA) is 84.9 Å². The molecule has 7 nitrogen and oxygen atoms in total. The maximum Gasteiger partial charge on any atom is 0.262 e. The summed E-state index contributed by atoms with van der Waals surface area (Å²) in [5.41, 5.74) is 0.846. The highest BCUT2D eigenvalue weighted by atomic mass is 32.2. The van der Waals surface area contributed by atoms with Gasteiger partial charge in [0.15, 0.2) is 11.5 Å². The summed E-state index contributed by atoms with van der Waals surface area (Å²) in [6.07, 6.45) is 0. The number of ether oxygens (including phenoxy) is 2. The molecular weight excluding hydrogens is 424 g/mol. The van der Waals surface area contributed by atoms with E-state index in [0.29, 0.717) is 42.5 Å². The molecule has 3 aromatic rings. The molecule has 0 saturated heterocycles. The number of nitrogens with one attached hydrogen (secondary N) is 1. The van der Waals surface area contributed by atoms with E-state index in [1.54, 1.807) is 53.6 Å². The van der Waals surface area contributed by atoms with Gasteiger partial charge in [0, 0.05) is 29.2 Å². The molecule has 4 rings (SSSR count). The summed E-state index contributed by atoms with van der Waals surface area (Å²) in [6.45, 7) is 1.33. The van der Waals surface area contributed by atoms with Crippen molar-refractivity contribution in [2.75, 3.05) is 25.0 Å². The molecule has 1 aliphatic rings. The average Bonchev–Trinajstić information content (AvgIpc) is 3.26. The van der Waals surface area contributed by atoms with Gasteiger partial charge in [0.2, 0.25) is 0 Å². The van der Waals surface area contributed by atoms with Crippen LogP contribution in [-0.2, 0) is 16.6 Å². The SMILES string of the molecule is CN(Cc1cccs1)C(=O)c1ccc(NS(=O)(=O)c2ccc3c(c2)OCCO3)cc1. The number of hydrogen-bond donors (Lipinski definition) is 1. The minimum Gasteiger partial charge on any atom is -0.486 e. The molecule has 2 heterocycles. The molecule has 0 radical (unpaired) electrons. The zero-order chi connectivity index (χ0) is 21.1. The summed E-state index contributed by atoms with van der Waals surface area (Å²) in [4.78, 5) is 15.4. The van der Waals surface area contributed by atoms with Gasteiger partial charge in [-0.2, -0.15) is 0 Å². The summed E-state index contributed by atoms with van der Waals surface area (Å²) in [5, 5.41) is 1.97. The molecule has 0 fully saturated rings. The van der Waals surface area contributed by atoms with Crippen molar-refractivity contribution in [2.45, 2.75) is 11.4 Å². The number of carbonyl (C=O) groups excluding carboxylic acids is 1. The number of thiophene rings is 1. The molecule has 0 unspecified atom stereocenters. The maximum atomic E-state index is 12.7. The molecule has 0 atom stereocenters. The largest absolute Gasteiger partial charge is 0.486 e. The summed E-state index contributed by atoms with van der Waals surface area (Å²) in [5.74, 6) is 0.790. The van der Waals surface area contributed by atoms with Crippen molar-refractivity contribution < 1.29 is 22.7 Å². The molecular formula is C21H20N2O5S2. The molecule has 2 aromatic carbocycles. The highest BCUT2D eigenvalue weighted by molar-refractivity contribution is 7.92. The lowest BCUT2D eigenvalue weighted by molar-refractivity contribution is 0.0786. The van der Waals surface area contributed by atoms with Gasteiger partial charge in [-0.3, -0.25) is 9.52 Å². The number of anilines is 1. The summed E-state index contributed by atoms with van der Waals surface area (Å²) < 4.78 is 38.8. The first kappa shape index (κ1) is 20.2. The Morgan fingerprint density at radius 1 is 1.07 bits per heavy atom. The van der Waals surface area contributed by atoms with E-state index in [0.717, 1.165) is 4.88 Å². The highest BCUT2D eigenvalue weighted by Crippen LogP contribution is 2.32. The molecule has 0 aliphatic carbocycles. The normalized spacial score (nSPS) is 13.0. The van der Waals surface area contributed by atoms with Crippen LogP contribution in [0.1, 0.15) is 15.2 Å². The Balaban J connectivity index is 1.45. The van der Waals surface area contributed by atoms with E-state index >= 15 is 0 Å². The number of benzene rings is 2. The lowest BCUT2D eigenvalue weighted by Crippen LogP contribution is -2.25. The van der Waals surface area contributed by atoms with E-state index < -0.39 is 10.0 Å². The van der Waals surface area contributed by atoms with Gasteiger partial charge in [0.25, 0.3) is 15.9 Å². The Bertz CT molecular complexity index is 1140. The second-order valence-corrected chi connectivity index (χ2v) is 9.44. The van der Waals surface area contributed by atoms with Crippen LogP contribution < -0.4 is 14.2 Å². The monoisotopic (exact) mass is 444 g/mol. The number of carbonyl (C=O) groups is 1. The average molecular weight is 445 g/mol. The number of sulfonamides is 1. The quantitative estimate of drug-likeness (QED) is 0.628. The van der Waals surface area contributed by atoms with Crippen LogP contribution in [0.5, 0.6) is 11.5 Å². The molecule has 1 amide bonds. The van der Waals surface area contributed by atoms with Gasteiger partial charge in [0.1, 0.15) is 13.2 Å². The first-order valence-corrected chi connectivity index (χ1v) is 11.6. The Kier molecular flexibility index (Phi) is 5.65. The van der Waals surface area contributed by atoms with Crippen LogP contribution in [0.25, 0.3) is 0 Å². The van der Waals surface area contributed by atoms with E-state index in [1.807, 2.05) is 17.5 Å². The summed E-state index contributed by atoms with van der Waals surface area (Å²) in [6, 6.07) is 14.8. The van der Waals surface area contributed by atoms with Crippen LogP contribution in [0.15, 0.2) is 64.9 Å². The third-order valence-corrected chi connectivity index (χ3v) is 6.77. The first-order chi connectivity index (χ1) is 14.4. The maximum absolute atomic E-state index is 12.7. The van der Waals surface area contributed by atoms with Gasteiger partial charge < -0.3 is 14.4 Å². The van der Waals surface area contributed by atoms with Crippen LogP contribution >= 0.6 is 11.3 Å². The molecule has 1 aromatic heterocycles. The van der Waals surface area contributed by atoms with Crippen molar-refractivity contribution in [2.24, 2.45) is 0 Å². The van der Waals surface area contributed by atoms with Gasteiger partial charge >= 0.3 is 0 Å². The molecule has 0 spiro atoms. The molecule has 0 saturated carbocycles. The Morgan fingerprint density at radius 3 is 2.50 bits per heavy atom. The predicted octanol–water partition coefficient (Wildman–Crippen LogP) is 3.59. The minimum absolute atomic E-state index is 0.0718. The second kappa shape index (κ2) is 8.37. The van der Waals surface area contributed by atoms with Crippen LogP contribution in [0.4, 0.5) is 5.69 Å². The lowest BCUT2D eigenvalue weighted by atomic mass is 10.2. The van der Waals surface area contributed by atoms with E-state index in [9.17, 15) is 13.2 Å². The van der Waals surface area contributed by atoms with E-state index in [2.05, 4.69) is 4.72 Å². The summed E-state index contributed by atoms with van der Waals surface area (Å²) >= 11 is 1.59. The van der Waals surface area contributed by atoms with Crippen LogP contribution in [0, 0.1) is 0 Å². The van der Waals surface area contributed by atoms with Crippen molar-refractivity contribution >= 4 is 33.0 Å². The van der Waals surface area contributed by atoms with Gasteiger partial charge in [0.05, 0.1) is 11.4 Å². The second-order valence-electron chi connectivity index (χ2n) is 6.73. The van der Waals surface area contributed by atoms with Gasteiger partial charge in [-0.05, 0) is 47.8 Å². The van der Waals surface area contributed by atoms with Crippen LogP contribution in [-0.4, -0.2) is 39.5 Å². The fraction of sp³-hybridized carbons (Fsp3) is 0.190. The molecule has 9 heteroatoms. The predicted molar refractivity (Wildman–Crippen MR) is 115 cm³/mol. The molecule has 30 heavy (non-hydrogen) atoms.